The number of hydrogen-bond acceptors (Lipinski definition) is 3. The lowest BCUT2D eigenvalue weighted by molar-refractivity contribution is 0.0498. The fraction of sp³-hybridized carbons (Fsp3) is 0.600. The van der Waals surface area contributed by atoms with Crippen LogP contribution in [0.15, 0.2) is 24.3 Å². The largest absolute Gasteiger partial charge is 0.486 e. The van der Waals surface area contributed by atoms with Gasteiger partial charge in [0.05, 0.1) is 0 Å². The van der Waals surface area contributed by atoms with E-state index in [9.17, 15) is 0 Å². The maximum atomic E-state index is 6.38. The van der Waals surface area contributed by atoms with E-state index in [4.69, 9.17) is 15.2 Å². The zero-order chi connectivity index (χ0) is 12.4. The number of hydrogen-bond donors (Lipinski definition) is 1. The van der Waals surface area contributed by atoms with Gasteiger partial charge in [-0.2, -0.15) is 0 Å². The minimum Gasteiger partial charge on any atom is -0.486 e. The molecule has 1 aromatic rings. The third-order valence-electron chi connectivity index (χ3n) is 4.15. The van der Waals surface area contributed by atoms with E-state index in [1.807, 2.05) is 24.3 Å². The van der Waals surface area contributed by atoms with Crippen LogP contribution in [0.3, 0.4) is 0 Å². The predicted octanol–water partition coefficient (Wildman–Crippen LogP) is 2.73. The summed E-state index contributed by atoms with van der Waals surface area (Å²) in [6.45, 7) is 0.578. The van der Waals surface area contributed by atoms with Crippen LogP contribution in [0.4, 0.5) is 0 Å². The molecule has 3 nitrogen and oxygen atoms in total. The van der Waals surface area contributed by atoms with Gasteiger partial charge in [-0.25, -0.2) is 0 Å². The standard InChI is InChI=1S/C15H21NO2/c16-15(11-6-2-1-3-7-11)14-10-17-12-8-4-5-9-13(12)18-14/h4-5,8-9,11,14-15H,1-3,6-7,10,16H2. The third-order valence-corrected chi connectivity index (χ3v) is 4.15. The number of fused-ring (bicyclic) bond motifs is 1. The molecule has 3 rings (SSSR count). The van der Waals surface area contributed by atoms with Crippen molar-refractivity contribution >= 4 is 0 Å². The zero-order valence-electron chi connectivity index (χ0n) is 10.7. The first-order valence-corrected chi connectivity index (χ1v) is 6.98. The fourth-order valence-corrected chi connectivity index (χ4v) is 3.05. The van der Waals surface area contributed by atoms with Crippen molar-refractivity contribution in [2.45, 2.75) is 44.2 Å². The van der Waals surface area contributed by atoms with Gasteiger partial charge in [-0.1, -0.05) is 31.4 Å². The van der Waals surface area contributed by atoms with E-state index in [1.165, 1.54) is 32.1 Å². The lowest BCUT2D eigenvalue weighted by atomic mass is 9.82. The molecule has 0 radical (unpaired) electrons. The van der Waals surface area contributed by atoms with Crippen LogP contribution in [-0.4, -0.2) is 18.8 Å². The average Bonchev–Trinajstić information content (AvgIpc) is 2.47. The summed E-state index contributed by atoms with van der Waals surface area (Å²) in [7, 11) is 0. The Bertz CT molecular complexity index is 401. The summed E-state index contributed by atoms with van der Waals surface area (Å²) in [5.41, 5.74) is 6.38. The van der Waals surface area contributed by atoms with Gasteiger partial charge in [0.15, 0.2) is 11.5 Å². The molecule has 0 aromatic heterocycles. The van der Waals surface area contributed by atoms with E-state index < -0.39 is 0 Å². The number of nitrogens with two attached hydrogens (primary N) is 1. The summed E-state index contributed by atoms with van der Waals surface area (Å²) in [5, 5.41) is 0. The molecule has 18 heavy (non-hydrogen) atoms. The molecular formula is C15H21NO2. The smallest absolute Gasteiger partial charge is 0.161 e. The molecule has 0 amide bonds. The normalized spacial score (nSPS) is 25.7. The van der Waals surface area contributed by atoms with Gasteiger partial charge in [-0.05, 0) is 30.9 Å². The van der Waals surface area contributed by atoms with Crippen molar-refractivity contribution in [2.24, 2.45) is 11.7 Å². The highest BCUT2D eigenvalue weighted by molar-refractivity contribution is 5.40. The Kier molecular flexibility index (Phi) is 3.41. The molecule has 1 aliphatic heterocycles. The molecule has 0 bridgehead atoms. The van der Waals surface area contributed by atoms with Crippen LogP contribution in [-0.2, 0) is 0 Å². The van der Waals surface area contributed by atoms with Crippen LogP contribution in [0.25, 0.3) is 0 Å². The molecule has 2 atom stereocenters. The van der Waals surface area contributed by atoms with E-state index in [2.05, 4.69) is 0 Å². The lowest BCUT2D eigenvalue weighted by Crippen LogP contribution is -2.49. The molecule has 3 heteroatoms. The van der Waals surface area contributed by atoms with Crippen molar-refractivity contribution in [3.8, 4) is 11.5 Å². The van der Waals surface area contributed by atoms with E-state index >= 15 is 0 Å². The van der Waals surface area contributed by atoms with Crippen molar-refractivity contribution in [1.29, 1.82) is 0 Å². The summed E-state index contributed by atoms with van der Waals surface area (Å²) in [6.07, 6.45) is 6.45. The summed E-state index contributed by atoms with van der Waals surface area (Å²) in [6, 6.07) is 7.92. The number of benzene rings is 1. The Morgan fingerprint density at radius 1 is 1.06 bits per heavy atom. The Labute approximate surface area is 108 Å². The van der Waals surface area contributed by atoms with Crippen LogP contribution in [0.2, 0.25) is 0 Å². The SMILES string of the molecule is NC(C1CCCCC1)C1COc2ccccc2O1. The lowest BCUT2D eigenvalue weighted by Gasteiger charge is -2.35. The Balaban J connectivity index is 1.67. The average molecular weight is 247 g/mol. The molecule has 1 saturated carbocycles. The summed E-state index contributed by atoms with van der Waals surface area (Å²) < 4.78 is 11.7. The van der Waals surface area contributed by atoms with Crippen molar-refractivity contribution < 1.29 is 9.47 Å². The highest BCUT2D eigenvalue weighted by Crippen LogP contribution is 2.34. The fourth-order valence-electron chi connectivity index (χ4n) is 3.05. The molecule has 1 aromatic carbocycles. The topological polar surface area (TPSA) is 44.5 Å². The molecule has 2 unspecified atom stereocenters. The van der Waals surface area contributed by atoms with Gasteiger partial charge in [0.2, 0.25) is 0 Å². The Morgan fingerprint density at radius 2 is 1.78 bits per heavy atom. The first kappa shape index (κ1) is 11.8. The predicted molar refractivity (Wildman–Crippen MR) is 70.9 cm³/mol. The highest BCUT2D eigenvalue weighted by Gasteiger charge is 2.32. The van der Waals surface area contributed by atoms with Crippen molar-refractivity contribution in [3.63, 3.8) is 0 Å². The Hall–Kier alpha value is -1.22. The van der Waals surface area contributed by atoms with E-state index in [-0.39, 0.29) is 12.1 Å². The van der Waals surface area contributed by atoms with Gasteiger partial charge in [0, 0.05) is 6.04 Å². The van der Waals surface area contributed by atoms with Crippen LogP contribution in [0.5, 0.6) is 11.5 Å². The van der Waals surface area contributed by atoms with Crippen LogP contribution >= 0.6 is 0 Å². The number of para-hydroxylation sites is 2. The first-order valence-electron chi connectivity index (χ1n) is 6.98. The van der Waals surface area contributed by atoms with Gasteiger partial charge in [0.1, 0.15) is 12.7 Å². The second-order valence-corrected chi connectivity index (χ2v) is 5.39. The monoisotopic (exact) mass is 247 g/mol. The van der Waals surface area contributed by atoms with Crippen molar-refractivity contribution in [2.75, 3.05) is 6.61 Å². The molecule has 1 heterocycles. The van der Waals surface area contributed by atoms with Gasteiger partial charge >= 0.3 is 0 Å². The second-order valence-electron chi connectivity index (χ2n) is 5.39. The number of rotatable bonds is 2. The Morgan fingerprint density at radius 3 is 2.56 bits per heavy atom. The summed E-state index contributed by atoms with van der Waals surface area (Å²) >= 11 is 0. The van der Waals surface area contributed by atoms with Crippen molar-refractivity contribution in [1.82, 2.24) is 0 Å². The van der Waals surface area contributed by atoms with Gasteiger partial charge in [0.25, 0.3) is 0 Å². The van der Waals surface area contributed by atoms with Crippen molar-refractivity contribution in [3.05, 3.63) is 24.3 Å². The molecule has 98 valence electrons. The van der Waals surface area contributed by atoms with E-state index in [1.54, 1.807) is 0 Å². The second kappa shape index (κ2) is 5.19. The molecule has 1 fully saturated rings. The maximum absolute atomic E-state index is 6.38. The van der Waals surface area contributed by atoms with Crippen LogP contribution in [0.1, 0.15) is 32.1 Å². The first-order chi connectivity index (χ1) is 8.84. The molecular weight excluding hydrogens is 226 g/mol. The molecule has 2 N–H and O–H groups in total. The molecule has 0 saturated heterocycles. The molecule has 0 spiro atoms. The maximum Gasteiger partial charge on any atom is 0.161 e. The number of ether oxygens (including phenoxy) is 2. The molecule has 2 aliphatic rings. The quantitative estimate of drug-likeness (QED) is 0.874. The van der Waals surface area contributed by atoms with E-state index in [0.717, 1.165) is 11.5 Å². The van der Waals surface area contributed by atoms with E-state index in [0.29, 0.717) is 12.5 Å². The minimum absolute atomic E-state index is 0.00278. The van der Waals surface area contributed by atoms with Crippen LogP contribution in [0, 0.1) is 5.92 Å². The van der Waals surface area contributed by atoms with Gasteiger partial charge in [-0.3, -0.25) is 0 Å². The minimum atomic E-state index is 0.00278. The highest BCUT2D eigenvalue weighted by atomic mass is 16.6. The zero-order valence-corrected chi connectivity index (χ0v) is 10.7. The van der Waals surface area contributed by atoms with Crippen LogP contribution < -0.4 is 15.2 Å². The summed E-state index contributed by atoms with van der Waals surface area (Å²) in [5.74, 6) is 2.27. The van der Waals surface area contributed by atoms with Gasteiger partial charge in [-0.15, -0.1) is 0 Å². The summed E-state index contributed by atoms with van der Waals surface area (Å²) in [4.78, 5) is 0. The molecule has 1 aliphatic carbocycles. The third kappa shape index (κ3) is 2.32. The van der Waals surface area contributed by atoms with Gasteiger partial charge < -0.3 is 15.2 Å².